The van der Waals surface area contributed by atoms with Crippen LogP contribution in [0.4, 0.5) is 5.69 Å². The molecule has 1 fully saturated rings. The van der Waals surface area contributed by atoms with Gasteiger partial charge in [-0.15, -0.1) is 0 Å². The Morgan fingerprint density at radius 2 is 1.54 bits per heavy atom. The maximum Gasteiger partial charge on any atom is 0.228 e. The SMILES string of the molecule is O=C(Nc1ccc(Oc2ccccc2)cc1)C1CCCCC1C(=O)N1CCc2c([nH]c3ccccc23)C1. The molecule has 0 radical (unpaired) electrons. The summed E-state index contributed by atoms with van der Waals surface area (Å²) in [7, 11) is 0. The first-order chi connectivity index (χ1) is 18.2. The number of H-pyrrole nitrogens is 1. The first kappa shape index (κ1) is 23.3. The molecule has 2 unspecified atom stereocenters. The van der Waals surface area contributed by atoms with Crippen LogP contribution in [0, 0.1) is 11.8 Å². The lowest BCUT2D eigenvalue weighted by Gasteiger charge is -2.35. The molecule has 1 aliphatic carbocycles. The summed E-state index contributed by atoms with van der Waals surface area (Å²) < 4.78 is 5.85. The summed E-state index contributed by atoms with van der Waals surface area (Å²) in [6.45, 7) is 1.28. The Labute approximate surface area is 216 Å². The molecular formula is C31H31N3O3. The largest absolute Gasteiger partial charge is 0.457 e. The molecule has 2 aliphatic rings. The number of aromatic amines is 1. The first-order valence-corrected chi connectivity index (χ1v) is 13.2. The lowest BCUT2D eigenvalue weighted by molar-refractivity contribution is -0.143. The molecule has 188 valence electrons. The number of carbonyl (C=O) groups excluding carboxylic acids is 2. The Morgan fingerprint density at radius 1 is 0.838 bits per heavy atom. The van der Waals surface area contributed by atoms with Gasteiger partial charge in [0.25, 0.3) is 0 Å². The maximum atomic E-state index is 13.7. The quantitative estimate of drug-likeness (QED) is 0.343. The number of para-hydroxylation sites is 2. The fourth-order valence-corrected chi connectivity index (χ4v) is 5.82. The number of nitrogens with zero attached hydrogens (tertiary/aromatic N) is 1. The number of benzene rings is 3. The summed E-state index contributed by atoms with van der Waals surface area (Å²) in [5.41, 5.74) is 4.27. The summed E-state index contributed by atoms with van der Waals surface area (Å²) in [6.07, 6.45) is 4.29. The van der Waals surface area contributed by atoms with E-state index < -0.39 is 0 Å². The van der Waals surface area contributed by atoms with Crippen molar-refractivity contribution in [3.05, 3.63) is 90.1 Å². The molecule has 2 N–H and O–H groups in total. The minimum absolute atomic E-state index is 0.0712. The number of amides is 2. The van der Waals surface area contributed by atoms with E-state index in [9.17, 15) is 9.59 Å². The van der Waals surface area contributed by atoms with Crippen LogP contribution in [0.25, 0.3) is 10.9 Å². The number of anilines is 1. The highest BCUT2D eigenvalue weighted by Gasteiger charge is 2.39. The summed E-state index contributed by atoms with van der Waals surface area (Å²) in [4.78, 5) is 32.5. The van der Waals surface area contributed by atoms with Crippen molar-refractivity contribution < 1.29 is 14.3 Å². The van der Waals surface area contributed by atoms with E-state index in [0.717, 1.165) is 49.1 Å². The van der Waals surface area contributed by atoms with Gasteiger partial charge in [0.2, 0.25) is 11.8 Å². The first-order valence-electron chi connectivity index (χ1n) is 13.2. The van der Waals surface area contributed by atoms with E-state index in [2.05, 4.69) is 28.5 Å². The molecule has 1 saturated carbocycles. The number of carbonyl (C=O) groups is 2. The molecule has 3 aromatic carbocycles. The molecule has 6 nitrogen and oxygen atoms in total. The standard InChI is InChI=1S/C31H31N3O3/c35-30(32-21-14-16-23(17-15-21)37-22-8-2-1-3-9-22)26-11-4-5-12-27(26)31(36)34-19-18-25-24-10-6-7-13-28(24)33-29(25)20-34/h1-3,6-10,13-17,26-27,33H,4-5,11-12,18-20H2,(H,32,35). The Balaban J connectivity index is 1.12. The van der Waals surface area contributed by atoms with Gasteiger partial charge in [-0.3, -0.25) is 9.59 Å². The third-order valence-electron chi connectivity index (χ3n) is 7.72. The van der Waals surface area contributed by atoms with E-state index in [0.29, 0.717) is 24.5 Å². The highest BCUT2D eigenvalue weighted by Crippen LogP contribution is 2.35. The number of rotatable bonds is 5. The molecule has 6 rings (SSSR count). The van der Waals surface area contributed by atoms with Crippen LogP contribution in [0.3, 0.4) is 0 Å². The van der Waals surface area contributed by atoms with Crippen molar-refractivity contribution in [2.45, 2.75) is 38.6 Å². The van der Waals surface area contributed by atoms with Crippen LogP contribution in [-0.2, 0) is 22.6 Å². The zero-order valence-corrected chi connectivity index (χ0v) is 20.8. The van der Waals surface area contributed by atoms with Crippen molar-refractivity contribution in [3.63, 3.8) is 0 Å². The second-order valence-electron chi connectivity index (χ2n) is 10.1. The normalized spacial score (nSPS) is 19.3. The fourth-order valence-electron chi connectivity index (χ4n) is 5.82. The Hall–Kier alpha value is -4.06. The van der Waals surface area contributed by atoms with Crippen molar-refractivity contribution in [2.75, 3.05) is 11.9 Å². The van der Waals surface area contributed by atoms with E-state index in [-0.39, 0.29) is 23.7 Å². The van der Waals surface area contributed by atoms with Crippen molar-refractivity contribution in [1.82, 2.24) is 9.88 Å². The number of fused-ring (bicyclic) bond motifs is 3. The molecule has 2 heterocycles. The average molecular weight is 494 g/mol. The van der Waals surface area contributed by atoms with Crippen molar-refractivity contribution >= 4 is 28.4 Å². The predicted octanol–water partition coefficient (Wildman–Crippen LogP) is 6.29. The monoisotopic (exact) mass is 493 g/mol. The zero-order chi connectivity index (χ0) is 25.2. The van der Waals surface area contributed by atoms with E-state index in [1.54, 1.807) is 0 Å². The third-order valence-corrected chi connectivity index (χ3v) is 7.72. The molecule has 37 heavy (non-hydrogen) atoms. The topological polar surface area (TPSA) is 74.4 Å². The lowest BCUT2D eigenvalue weighted by atomic mass is 9.77. The van der Waals surface area contributed by atoms with Gasteiger partial charge in [-0.1, -0.05) is 49.2 Å². The summed E-state index contributed by atoms with van der Waals surface area (Å²) >= 11 is 0. The van der Waals surface area contributed by atoms with Crippen LogP contribution in [0.2, 0.25) is 0 Å². The molecule has 0 bridgehead atoms. The number of nitrogens with one attached hydrogen (secondary N) is 2. The van der Waals surface area contributed by atoms with Gasteiger partial charge in [0.05, 0.1) is 6.54 Å². The minimum Gasteiger partial charge on any atom is -0.457 e. The third kappa shape index (κ3) is 4.84. The predicted molar refractivity (Wildman–Crippen MR) is 144 cm³/mol. The fraction of sp³-hybridized carbons (Fsp3) is 0.290. The van der Waals surface area contributed by atoms with Gasteiger partial charge in [-0.05, 0) is 67.3 Å². The molecule has 1 aromatic heterocycles. The highest BCUT2D eigenvalue weighted by molar-refractivity contribution is 5.96. The van der Waals surface area contributed by atoms with E-state index in [1.807, 2.05) is 65.6 Å². The average Bonchev–Trinajstić information content (AvgIpc) is 3.32. The minimum atomic E-state index is -0.314. The summed E-state index contributed by atoms with van der Waals surface area (Å²) in [5, 5.41) is 4.30. The Morgan fingerprint density at radius 3 is 2.35 bits per heavy atom. The van der Waals surface area contributed by atoms with E-state index in [4.69, 9.17) is 4.74 Å². The number of ether oxygens (including phenoxy) is 1. The van der Waals surface area contributed by atoms with Crippen LogP contribution < -0.4 is 10.1 Å². The smallest absolute Gasteiger partial charge is 0.228 e. The van der Waals surface area contributed by atoms with Gasteiger partial charge in [0, 0.05) is 40.7 Å². The lowest BCUT2D eigenvalue weighted by Crippen LogP contribution is -2.45. The molecular weight excluding hydrogens is 462 g/mol. The Bertz CT molecular complexity index is 1410. The van der Waals surface area contributed by atoms with Crippen LogP contribution in [-0.4, -0.2) is 28.2 Å². The van der Waals surface area contributed by atoms with Crippen molar-refractivity contribution in [3.8, 4) is 11.5 Å². The van der Waals surface area contributed by atoms with Gasteiger partial charge < -0.3 is 19.9 Å². The van der Waals surface area contributed by atoms with E-state index in [1.165, 1.54) is 10.9 Å². The van der Waals surface area contributed by atoms with Crippen LogP contribution >= 0.6 is 0 Å². The zero-order valence-electron chi connectivity index (χ0n) is 20.8. The molecule has 0 spiro atoms. The maximum absolute atomic E-state index is 13.7. The number of hydrogen-bond donors (Lipinski definition) is 2. The highest BCUT2D eigenvalue weighted by atomic mass is 16.5. The van der Waals surface area contributed by atoms with Crippen molar-refractivity contribution in [2.24, 2.45) is 11.8 Å². The molecule has 0 saturated heterocycles. The van der Waals surface area contributed by atoms with Crippen LogP contribution in [0.5, 0.6) is 11.5 Å². The number of hydrogen-bond acceptors (Lipinski definition) is 3. The van der Waals surface area contributed by atoms with Crippen LogP contribution in [0.1, 0.15) is 36.9 Å². The molecule has 1 aliphatic heterocycles. The Kier molecular flexibility index (Phi) is 6.39. The van der Waals surface area contributed by atoms with Gasteiger partial charge in [0.15, 0.2) is 0 Å². The summed E-state index contributed by atoms with van der Waals surface area (Å²) in [5.74, 6) is 0.913. The number of aromatic nitrogens is 1. The second-order valence-corrected chi connectivity index (χ2v) is 10.1. The van der Waals surface area contributed by atoms with Crippen molar-refractivity contribution in [1.29, 1.82) is 0 Å². The molecule has 2 atom stereocenters. The molecule has 2 amide bonds. The molecule has 4 aromatic rings. The van der Waals surface area contributed by atoms with Gasteiger partial charge in [-0.25, -0.2) is 0 Å². The van der Waals surface area contributed by atoms with Gasteiger partial charge in [0.1, 0.15) is 11.5 Å². The molecule has 6 heteroatoms. The summed E-state index contributed by atoms with van der Waals surface area (Å²) in [6, 6.07) is 25.3. The van der Waals surface area contributed by atoms with E-state index >= 15 is 0 Å². The second kappa shape index (κ2) is 10.1. The van der Waals surface area contributed by atoms with Crippen LogP contribution in [0.15, 0.2) is 78.9 Å². The van der Waals surface area contributed by atoms with Gasteiger partial charge >= 0.3 is 0 Å². The van der Waals surface area contributed by atoms with Gasteiger partial charge in [-0.2, -0.15) is 0 Å².